The molecule has 1 aromatic rings. The fourth-order valence-corrected chi connectivity index (χ4v) is 1.34. The number of ketones is 1. The van der Waals surface area contributed by atoms with Crippen LogP contribution in [0.5, 0.6) is 0 Å². The monoisotopic (exact) mass is 237 g/mol. The van der Waals surface area contributed by atoms with Crippen molar-refractivity contribution in [2.75, 3.05) is 30.4 Å². The fraction of sp³-hybridized carbons (Fsp3) is 0.273. The molecule has 0 radical (unpaired) electrons. The maximum atomic E-state index is 11.3. The zero-order valence-electron chi connectivity index (χ0n) is 9.74. The highest BCUT2D eigenvalue weighted by Crippen LogP contribution is 2.28. The van der Waals surface area contributed by atoms with E-state index in [0.717, 1.165) is 0 Å². The van der Waals surface area contributed by atoms with Gasteiger partial charge in [0.2, 0.25) is 0 Å². The lowest BCUT2D eigenvalue weighted by Gasteiger charge is -2.12. The van der Waals surface area contributed by atoms with Gasteiger partial charge in [0.1, 0.15) is 5.78 Å². The van der Waals surface area contributed by atoms with Crippen molar-refractivity contribution in [3.8, 4) is 0 Å². The minimum atomic E-state index is -0.512. The maximum Gasteiger partial charge on any atom is 0.338 e. The molecule has 5 N–H and O–H groups in total. The number of carbonyl (C=O) groups excluding carboxylic acids is 2. The number of rotatable bonds is 4. The Kier molecular flexibility index (Phi) is 3.92. The number of nitrogens with two attached hydrogens (primary N) is 2. The van der Waals surface area contributed by atoms with E-state index in [4.69, 9.17) is 11.5 Å². The number of carbonyl (C=O) groups is 2. The van der Waals surface area contributed by atoms with Crippen molar-refractivity contribution >= 4 is 28.8 Å². The molecule has 0 saturated carbocycles. The van der Waals surface area contributed by atoms with Crippen molar-refractivity contribution in [3.63, 3.8) is 0 Å². The summed E-state index contributed by atoms with van der Waals surface area (Å²) in [4.78, 5) is 22.1. The Balaban J connectivity index is 3.02. The van der Waals surface area contributed by atoms with E-state index >= 15 is 0 Å². The van der Waals surface area contributed by atoms with Gasteiger partial charge in [0, 0.05) is 0 Å². The zero-order chi connectivity index (χ0) is 13.0. The van der Waals surface area contributed by atoms with E-state index in [-0.39, 0.29) is 17.9 Å². The predicted octanol–water partition coefficient (Wildman–Crippen LogP) is 0.638. The highest BCUT2D eigenvalue weighted by molar-refractivity contribution is 5.96. The highest BCUT2D eigenvalue weighted by atomic mass is 16.5. The maximum absolute atomic E-state index is 11.3. The number of esters is 1. The Hall–Kier alpha value is -2.24. The van der Waals surface area contributed by atoms with Crippen LogP contribution in [0, 0.1) is 0 Å². The van der Waals surface area contributed by atoms with E-state index in [1.165, 1.54) is 26.2 Å². The molecule has 0 heterocycles. The van der Waals surface area contributed by atoms with Crippen LogP contribution in [-0.2, 0) is 9.53 Å². The molecule has 6 heteroatoms. The molecule has 0 aromatic heterocycles. The third kappa shape index (κ3) is 3.10. The summed E-state index contributed by atoms with van der Waals surface area (Å²) < 4.78 is 4.56. The van der Waals surface area contributed by atoms with Crippen LogP contribution in [0.1, 0.15) is 17.3 Å². The van der Waals surface area contributed by atoms with Crippen LogP contribution in [0.4, 0.5) is 17.1 Å². The average Bonchev–Trinajstić information content (AvgIpc) is 2.26. The van der Waals surface area contributed by atoms with Crippen LogP contribution >= 0.6 is 0 Å². The molecule has 0 spiro atoms. The first kappa shape index (κ1) is 12.8. The van der Waals surface area contributed by atoms with Gasteiger partial charge in [-0.3, -0.25) is 4.79 Å². The molecule has 92 valence electrons. The van der Waals surface area contributed by atoms with Crippen molar-refractivity contribution in [1.82, 2.24) is 0 Å². The second-order valence-corrected chi connectivity index (χ2v) is 3.58. The van der Waals surface area contributed by atoms with Gasteiger partial charge in [-0.15, -0.1) is 0 Å². The first-order valence-corrected chi connectivity index (χ1v) is 4.96. The number of nitrogen functional groups attached to an aromatic ring is 2. The number of methoxy groups -OCH3 is 1. The van der Waals surface area contributed by atoms with Gasteiger partial charge in [-0.05, 0) is 19.1 Å². The van der Waals surface area contributed by atoms with Crippen molar-refractivity contribution < 1.29 is 14.3 Å². The quantitative estimate of drug-likeness (QED) is 0.524. The Bertz CT molecular complexity index is 434. The molecule has 17 heavy (non-hydrogen) atoms. The lowest BCUT2D eigenvalue weighted by Crippen LogP contribution is -2.14. The van der Waals surface area contributed by atoms with E-state index in [2.05, 4.69) is 10.1 Å². The van der Waals surface area contributed by atoms with Gasteiger partial charge >= 0.3 is 5.97 Å². The van der Waals surface area contributed by atoms with Gasteiger partial charge in [-0.1, -0.05) is 0 Å². The van der Waals surface area contributed by atoms with Crippen molar-refractivity contribution in [3.05, 3.63) is 17.7 Å². The number of ether oxygens (including phenoxy) is 1. The minimum Gasteiger partial charge on any atom is -0.465 e. The Morgan fingerprint density at radius 1 is 1.29 bits per heavy atom. The Morgan fingerprint density at radius 3 is 2.24 bits per heavy atom. The molecule has 0 saturated heterocycles. The summed E-state index contributed by atoms with van der Waals surface area (Å²) >= 11 is 0. The van der Waals surface area contributed by atoms with Crippen LogP contribution in [0.25, 0.3) is 0 Å². The summed E-state index contributed by atoms with van der Waals surface area (Å²) in [5.41, 5.74) is 12.8. The van der Waals surface area contributed by atoms with E-state index in [9.17, 15) is 9.59 Å². The first-order valence-electron chi connectivity index (χ1n) is 4.96. The van der Waals surface area contributed by atoms with Crippen molar-refractivity contribution in [2.24, 2.45) is 0 Å². The summed E-state index contributed by atoms with van der Waals surface area (Å²) in [5.74, 6) is -0.553. The molecular formula is C11H15N3O3. The van der Waals surface area contributed by atoms with Gasteiger partial charge in [0.05, 0.1) is 36.3 Å². The molecule has 0 aliphatic heterocycles. The predicted molar refractivity (Wildman–Crippen MR) is 65.8 cm³/mol. The number of anilines is 3. The van der Waals surface area contributed by atoms with E-state index < -0.39 is 5.97 Å². The van der Waals surface area contributed by atoms with Crippen LogP contribution < -0.4 is 16.8 Å². The number of hydrogen-bond acceptors (Lipinski definition) is 6. The molecule has 0 aliphatic rings. The molecule has 1 aromatic carbocycles. The summed E-state index contributed by atoms with van der Waals surface area (Å²) in [6, 6.07) is 2.90. The highest BCUT2D eigenvalue weighted by Gasteiger charge is 2.12. The molecule has 6 nitrogen and oxygen atoms in total. The lowest BCUT2D eigenvalue weighted by molar-refractivity contribution is -0.115. The second-order valence-electron chi connectivity index (χ2n) is 3.58. The van der Waals surface area contributed by atoms with Gasteiger partial charge in [0.15, 0.2) is 0 Å². The molecule has 0 aliphatic carbocycles. The van der Waals surface area contributed by atoms with Gasteiger partial charge in [-0.25, -0.2) is 4.79 Å². The minimum absolute atomic E-state index is 0.0409. The number of hydrogen-bond donors (Lipinski definition) is 3. The third-order valence-electron chi connectivity index (χ3n) is 2.13. The molecule has 0 unspecified atom stereocenters. The van der Waals surface area contributed by atoms with Crippen LogP contribution in [0.2, 0.25) is 0 Å². The van der Waals surface area contributed by atoms with Gasteiger partial charge in [-0.2, -0.15) is 0 Å². The topological polar surface area (TPSA) is 107 Å². The van der Waals surface area contributed by atoms with Gasteiger partial charge < -0.3 is 21.5 Å². The van der Waals surface area contributed by atoms with Crippen LogP contribution in [0.15, 0.2) is 12.1 Å². The number of nitrogens with one attached hydrogen (secondary N) is 1. The van der Waals surface area contributed by atoms with Crippen LogP contribution in [0.3, 0.4) is 0 Å². The SMILES string of the molecule is COC(=O)c1cc(N)c(NCC(C)=O)c(N)c1. The first-order chi connectivity index (χ1) is 7.95. The number of Topliss-reactive ketones (excluding diaryl/α,β-unsaturated/α-hetero) is 1. The molecular weight excluding hydrogens is 222 g/mol. The van der Waals surface area contributed by atoms with Crippen LogP contribution in [-0.4, -0.2) is 25.4 Å². The van der Waals surface area contributed by atoms with Gasteiger partial charge in [0.25, 0.3) is 0 Å². The summed E-state index contributed by atoms with van der Waals surface area (Å²) in [6.45, 7) is 1.58. The molecule has 0 amide bonds. The molecule has 0 atom stereocenters. The summed E-state index contributed by atoms with van der Waals surface area (Å²) in [5, 5.41) is 2.81. The van der Waals surface area contributed by atoms with E-state index in [0.29, 0.717) is 17.1 Å². The average molecular weight is 237 g/mol. The van der Waals surface area contributed by atoms with Crippen molar-refractivity contribution in [2.45, 2.75) is 6.92 Å². The van der Waals surface area contributed by atoms with E-state index in [1.807, 2.05) is 0 Å². The molecule has 0 fully saturated rings. The standard InChI is InChI=1S/C11H15N3O3/c1-6(15)5-14-10-8(12)3-7(4-9(10)13)11(16)17-2/h3-4,14H,5,12-13H2,1-2H3. The van der Waals surface area contributed by atoms with E-state index in [1.54, 1.807) is 0 Å². The smallest absolute Gasteiger partial charge is 0.338 e. The summed E-state index contributed by atoms with van der Waals surface area (Å²) in [6.07, 6.45) is 0. The largest absolute Gasteiger partial charge is 0.465 e. The Morgan fingerprint density at radius 2 is 1.82 bits per heavy atom. The second kappa shape index (κ2) is 5.20. The summed E-state index contributed by atoms with van der Waals surface area (Å²) in [7, 11) is 1.27. The third-order valence-corrected chi connectivity index (χ3v) is 2.13. The Labute approximate surface area is 98.9 Å². The lowest BCUT2D eigenvalue weighted by atomic mass is 10.1. The molecule has 0 bridgehead atoms. The normalized spacial score (nSPS) is 9.76. The fourth-order valence-electron chi connectivity index (χ4n) is 1.34. The van der Waals surface area contributed by atoms with Crippen molar-refractivity contribution in [1.29, 1.82) is 0 Å². The zero-order valence-corrected chi connectivity index (χ0v) is 9.74. The molecule has 1 rings (SSSR count). The number of benzene rings is 1.